The smallest absolute Gasteiger partial charge is 0.252 e. The lowest BCUT2D eigenvalue weighted by atomic mass is 9.33. The molecule has 79 heavy (non-hydrogen) atoms. The summed E-state index contributed by atoms with van der Waals surface area (Å²) in [5, 5.41) is 0. The highest BCUT2D eigenvalue weighted by atomic mass is 15.3. The molecule has 4 heterocycles. The molecule has 0 aromatic heterocycles. The molecule has 3 nitrogen and oxygen atoms in total. The fourth-order valence-electron chi connectivity index (χ4n) is 16.6. The zero-order chi connectivity index (χ0) is 54.8. The van der Waals surface area contributed by atoms with Crippen LogP contribution in [0.15, 0.2) is 170 Å². The molecule has 4 atom stereocenters. The molecule has 2 aliphatic carbocycles. The van der Waals surface area contributed by atoms with Crippen LogP contribution in [0.3, 0.4) is 0 Å². The minimum Gasteiger partial charge on any atom is -0.335 e. The first-order valence-corrected chi connectivity index (χ1v) is 30.0. The Hall–Kier alpha value is -6.78. The fourth-order valence-corrected chi connectivity index (χ4v) is 16.6. The minimum atomic E-state index is -0.251. The van der Waals surface area contributed by atoms with Crippen molar-refractivity contribution < 1.29 is 0 Å². The average Bonchev–Trinajstić information content (AvgIpc) is 1.94. The first kappa shape index (κ1) is 50.4. The van der Waals surface area contributed by atoms with Gasteiger partial charge in [0, 0.05) is 50.5 Å². The van der Waals surface area contributed by atoms with Gasteiger partial charge in [-0.1, -0.05) is 222 Å². The van der Waals surface area contributed by atoms with E-state index in [1.54, 1.807) is 0 Å². The average molecular weight is 1030 g/mol. The summed E-state index contributed by atoms with van der Waals surface area (Å²) in [7, 11) is 0. The zero-order valence-corrected chi connectivity index (χ0v) is 49.2. The van der Waals surface area contributed by atoms with Gasteiger partial charge in [0.15, 0.2) is 0 Å². The Morgan fingerprint density at radius 1 is 0.405 bits per heavy atom. The summed E-state index contributed by atoms with van der Waals surface area (Å²) in [5.74, 6) is 0. The minimum absolute atomic E-state index is 0.00652. The third-order valence-corrected chi connectivity index (χ3v) is 21.1. The molecule has 2 saturated carbocycles. The van der Waals surface area contributed by atoms with Gasteiger partial charge in [-0.3, -0.25) is 0 Å². The SMILES string of the molecule is CC(C)(C)c1ccc(N2c3cc(C(C)(C)C)ccc3B3c4cc(C(C)(C)C)cc5c4N(c4cc(N6c7ccc(-c8ccccc8)cc7C7(C)CCCCC67C)cc2c43)C2(C)CCCCC52c2ccccc2)c(-c2ccccc2)c1. The Morgan fingerprint density at radius 3 is 1.67 bits per heavy atom. The first-order valence-electron chi connectivity index (χ1n) is 30.0. The topological polar surface area (TPSA) is 9.72 Å². The van der Waals surface area contributed by atoms with Crippen LogP contribution in [0.4, 0.5) is 39.8 Å². The molecular weight excluding hydrogens is 954 g/mol. The highest BCUT2D eigenvalue weighted by Crippen LogP contribution is 2.67. The molecule has 0 N–H and O–H groups in total. The second-order valence-corrected chi connectivity index (χ2v) is 28.6. The van der Waals surface area contributed by atoms with Crippen LogP contribution in [0.25, 0.3) is 22.3 Å². The van der Waals surface area contributed by atoms with Crippen molar-refractivity contribution in [3.05, 3.63) is 203 Å². The van der Waals surface area contributed by atoms with Gasteiger partial charge in [0.25, 0.3) is 6.71 Å². The standard InChI is InChI=1S/C75H80BN3/c1-69(2,3)53-34-37-62(57(43-53)50-28-18-14-19-29-50)77-64-46-54(70(4,5)6)33-35-60(64)76-61-45-55(71(7,8)9)44-59-68(61)79(74(12)40-24-25-41-75(59,74)52-30-20-15-21-31-52)66-48-56(47-65(77)67(66)76)78-63-36-32-51(49-26-16-13-17-27-49)42-58(63)72(10)38-22-23-39-73(72,78)11/h13-21,26-37,42-48H,22-25,38-41H2,1-12H3. The molecule has 0 amide bonds. The molecule has 6 aliphatic rings. The number of rotatable bonds is 5. The van der Waals surface area contributed by atoms with Gasteiger partial charge in [-0.05, 0) is 165 Å². The number of hydrogen-bond acceptors (Lipinski definition) is 3. The second kappa shape index (κ2) is 17.1. The number of hydrogen-bond donors (Lipinski definition) is 0. The van der Waals surface area contributed by atoms with Crippen LogP contribution in [-0.4, -0.2) is 17.8 Å². The van der Waals surface area contributed by atoms with E-state index in [9.17, 15) is 0 Å². The van der Waals surface area contributed by atoms with Gasteiger partial charge < -0.3 is 14.7 Å². The van der Waals surface area contributed by atoms with Gasteiger partial charge in [0.1, 0.15) is 0 Å². The van der Waals surface area contributed by atoms with Crippen LogP contribution in [0.1, 0.15) is 168 Å². The van der Waals surface area contributed by atoms with E-state index >= 15 is 0 Å². The summed E-state index contributed by atoms with van der Waals surface area (Å²) in [6, 6.07) is 67.5. The van der Waals surface area contributed by atoms with Crippen molar-refractivity contribution >= 4 is 62.9 Å². The molecule has 0 spiro atoms. The molecule has 0 bridgehead atoms. The van der Waals surface area contributed by atoms with Gasteiger partial charge in [-0.2, -0.15) is 0 Å². The van der Waals surface area contributed by atoms with Gasteiger partial charge in [0.2, 0.25) is 0 Å². The van der Waals surface area contributed by atoms with Crippen LogP contribution < -0.4 is 31.1 Å². The Balaban J connectivity index is 1.14. The molecule has 8 aromatic rings. The molecule has 8 aromatic carbocycles. The van der Waals surface area contributed by atoms with Crippen molar-refractivity contribution in [2.75, 3.05) is 14.7 Å². The lowest BCUT2D eigenvalue weighted by Gasteiger charge is -2.54. The van der Waals surface area contributed by atoms with E-state index in [2.05, 4.69) is 268 Å². The lowest BCUT2D eigenvalue weighted by molar-refractivity contribution is 0.195. The third kappa shape index (κ3) is 7.04. The van der Waals surface area contributed by atoms with E-state index in [-0.39, 0.29) is 44.9 Å². The van der Waals surface area contributed by atoms with Gasteiger partial charge >= 0.3 is 0 Å². The maximum atomic E-state index is 2.99. The summed E-state index contributed by atoms with van der Waals surface area (Å²) in [4.78, 5) is 8.63. The number of fused-ring (bicyclic) bond motifs is 10. The summed E-state index contributed by atoms with van der Waals surface area (Å²) in [6.45, 7) is 29.5. The van der Waals surface area contributed by atoms with E-state index in [4.69, 9.17) is 0 Å². The number of benzene rings is 8. The van der Waals surface area contributed by atoms with E-state index in [0.717, 1.165) is 25.7 Å². The van der Waals surface area contributed by atoms with Gasteiger partial charge in [-0.15, -0.1) is 0 Å². The quantitative estimate of drug-likeness (QED) is 0.159. The predicted octanol–water partition coefficient (Wildman–Crippen LogP) is 18.0. The van der Waals surface area contributed by atoms with Crippen LogP contribution in [0.2, 0.25) is 0 Å². The highest BCUT2D eigenvalue weighted by Gasteiger charge is 2.65. The summed E-state index contributed by atoms with van der Waals surface area (Å²) >= 11 is 0. The molecule has 0 saturated heterocycles. The summed E-state index contributed by atoms with van der Waals surface area (Å²) < 4.78 is 0. The summed E-state index contributed by atoms with van der Waals surface area (Å²) in [6.07, 6.45) is 9.39. The zero-order valence-electron chi connectivity index (χ0n) is 49.2. The molecule has 0 radical (unpaired) electrons. The first-order chi connectivity index (χ1) is 37.7. The van der Waals surface area contributed by atoms with E-state index in [0.29, 0.717) is 0 Å². The molecular formula is C75H80BN3. The van der Waals surface area contributed by atoms with E-state index in [1.807, 2.05) is 0 Å². The fraction of sp³-hybridized carbons (Fsp3) is 0.360. The largest absolute Gasteiger partial charge is 0.335 e. The van der Waals surface area contributed by atoms with E-state index < -0.39 is 0 Å². The molecule has 398 valence electrons. The molecule has 14 rings (SSSR count). The second-order valence-electron chi connectivity index (χ2n) is 28.6. The van der Waals surface area contributed by atoms with Crippen LogP contribution in [0, 0.1) is 0 Å². The number of anilines is 7. The van der Waals surface area contributed by atoms with Crippen molar-refractivity contribution in [2.24, 2.45) is 0 Å². The van der Waals surface area contributed by atoms with Crippen molar-refractivity contribution in [2.45, 2.75) is 173 Å². The number of nitrogens with zero attached hydrogens (tertiary/aromatic N) is 3. The molecule has 4 unspecified atom stereocenters. The highest BCUT2D eigenvalue weighted by molar-refractivity contribution is 7.00. The van der Waals surface area contributed by atoms with Crippen LogP contribution in [0.5, 0.6) is 0 Å². The Labute approximate surface area is 473 Å². The van der Waals surface area contributed by atoms with Crippen LogP contribution >= 0.6 is 0 Å². The molecule has 4 heteroatoms. The van der Waals surface area contributed by atoms with Crippen molar-refractivity contribution in [1.82, 2.24) is 0 Å². The normalized spacial score (nSPS) is 23.6. The third-order valence-electron chi connectivity index (χ3n) is 21.1. The monoisotopic (exact) mass is 1030 g/mol. The molecule has 4 aliphatic heterocycles. The predicted molar refractivity (Wildman–Crippen MR) is 338 cm³/mol. The van der Waals surface area contributed by atoms with Crippen molar-refractivity contribution in [1.29, 1.82) is 0 Å². The maximum Gasteiger partial charge on any atom is 0.252 e. The van der Waals surface area contributed by atoms with E-state index in [1.165, 1.54) is 138 Å². The molecule has 2 fully saturated rings. The Bertz CT molecular complexity index is 3760. The van der Waals surface area contributed by atoms with Crippen molar-refractivity contribution in [3.8, 4) is 22.3 Å². The summed E-state index contributed by atoms with van der Waals surface area (Å²) in [5.41, 5.74) is 26.4. The Morgan fingerprint density at radius 2 is 0.987 bits per heavy atom. The lowest BCUT2D eigenvalue weighted by Crippen LogP contribution is -2.65. The Kier molecular flexibility index (Phi) is 10.9. The van der Waals surface area contributed by atoms with Gasteiger partial charge in [-0.25, -0.2) is 0 Å². The van der Waals surface area contributed by atoms with Gasteiger partial charge in [0.05, 0.1) is 16.8 Å². The van der Waals surface area contributed by atoms with Crippen LogP contribution in [-0.2, 0) is 27.1 Å². The van der Waals surface area contributed by atoms with Crippen molar-refractivity contribution in [3.63, 3.8) is 0 Å². The maximum absolute atomic E-state index is 2.99.